The van der Waals surface area contributed by atoms with Crippen LogP contribution >= 0.6 is 11.8 Å². The number of fused-ring (bicyclic) bond motifs is 1. The molecule has 1 aromatic rings. The lowest BCUT2D eigenvalue weighted by Gasteiger charge is -2.03. The minimum absolute atomic E-state index is 0.0107. The van der Waals surface area contributed by atoms with Crippen molar-refractivity contribution in [3.8, 4) is 0 Å². The van der Waals surface area contributed by atoms with Crippen LogP contribution < -0.4 is 10.9 Å². The highest BCUT2D eigenvalue weighted by Crippen LogP contribution is 2.26. The Morgan fingerprint density at radius 2 is 2.54 bits per heavy atom. The molecule has 0 radical (unpaired) electrons. The van der Waals surface area contributed by atoms with E-state index in [1.807, 2.05) is 6.92 Å². The summed E-state index contributed by atoms with van der Waals surface area (Å²) in [5.41, 5.74) is 0.924. The van der Waals surface area contributed by atoms with E-state index >= 15 is 0 Å². The third kappa shape index (κ3) is 1.56. The lowest BCUT2D eigenvalue weighted by Crippen LogP contribution is -2.15. The van der Waals surface area contributed by atoms with E-state index in [9.17, 15) is 4.79 Å². The Balaban J connectivity index is 2.44. The quantitative estimate of drug-likeness (QED) is 0.738. The van der Waals surface area contributed by atoms with Crippen LogP contribution in [0.3, 0.4) is 0 Å². The first-order valence-electron chi connectivity index (χ1n) is 4.31. The number of aromatic amines is 1. The van der Waals surface area contributed by atoms with E-state index in [0.29, 0.717) is 5.95 Å². The molecule has 0 atom stereocenters. The predicted octanol–water partition coefficient (Wildman–Crippen LogP) is 0.850. The van der Waals surface area contributed by atoms with E-state index in [1.54, 1.807) is 11.8 Å². The van der Waals surface area contributed by atoms with Crippen LogP contribution in [0.15, 0.2) is 9.69 Å². The Morgan fingerprint density at radius 1 is 1.69 bits per heavy atom. The highest BCUT2D eigenvalue weighted by molar-refractivity contribution is 7.99. The molecule has 0 saturated carbocycles. The molecule has 2 N–H and O–H groups in total. The number of thioether (sulfide) groups is 1. The molecule has 4 nitrogen and oxygen atoms in total. The average Bonchev–Trinajstić information content (AvgIpc) is 2.53. The molecule has 0 bridgehead atoms. The zero-order valence-electron chi connectivity index (χ0n) is 7.39. The van der Waals surface area contributed by atoms with Crippen molar-refractivity contribution in [3.63, 3.8) is 0 Å². The fourth-order valence-corrected chi connectivity index (χ4v) is 2.32. The summed E-state index contributed by atoms with van der Waals surface area (Å²) < 4.78 is 0. The van der Waals surface area contributed by atoms with E-state index in [0.717, 1.165) is 29.3 Å². The summed E-state index contributed by atoms with van der Waals surface area (Å²) in [5, 5.41) is 3.00. The molecule has 1 aliphatic heterocycles. The van der Waals surface area contributed by atoms with Gasteiger partial charge in [-0.15, -0.1) is 11.8 Å². The van der Waals surface area contributed by atoms with E-state index in [1.165, 1.54) is 0 Å². The van der Waals surface area contributed by atoms with Gasteiger partial charge in [0, 0.05) is 18.7 Å². The summed E-state index contributed by atoms with van der Waals surface area (Å²) in [4.78, 5) is 19.3. The van der Waals surface area contributed by atoms with Gasteiger partial charge in [-0.2, -0.15) is 0 Å². The van der Waals surface area contributed by atoms with Gasteiger partial charge in [0.15, 0.2) is 0 Å². The summed E-state index contributed by atoms with van der Waals surface area (Å²) in [5.74, 6) is 1.56. The van der Waals surface area contributed by atoms with Gasteiger partial charge in [0.25, 0.3) is 5.56 Å². The summed E-state index contributed by atoms with van der Waals surface area (Å²) in [6.07, 6.45) is 0.905. The van der Waals surface area contributed by atoms with Crippen LogP contribution in [0.25, 0.3) is 0 Å². The average molecular weight is 197 g/mol. The van der Waals surface area contributed by atoms with Crippen molar-refractivity contribution >= 4 is 17.7 Å². The van der Waals surface area contributed by atoms with E-state index in [4.69, 9.17) is 0 Å². The third-order valence-electron chi connectivity index (χ3n) is 1.88. The second-order valence-corrected chi connectivity index (χ2v) is 3.92. The van der Waals surface area contributed by atoms with Crippen molar-refractivity contribution < 1.29 is 0 Å². The molecule has 13 heavy (non-hydrogen) atoms. The molecule has 0 aliphatic carbocycles. The van der Waals surface area contributed by atoms with Gasteiger partial charge in [0.1, 0.15) is 0 Å². The van der Waals surface area contributed by atoms with Crippen LogP contribution in [0, 0.1) is 0 Å². The SMILES string of the molecule is CCNc1nc2c(c(=O)[nH]1)SCC2. The summed E-state index contributed by atoms with van der Waals surface area (Å²) in [7, 11) is 0. The third-order valence-corrected chi connectivity index (χ3v) is 2.99. The van der Waals surface area contributed by atoms with Gasteiger partial charge in [-0.1, -0.05) is 0 Å². The molecule has 0 saturated heterocycles. The highest BCUT2D eigenvalue weighted by Gasteiger charge is 2.17. The summed E-state index contributed by atoms with van der Waals surface area (Å²) in [6, 6.07) is 0. The van der Waals surface area contributed by atoms with Crippen molar-refractivity contribution in [2.75, 3.05) is 17.6 Å². The molecule has 70 valence electrons. The van der Waals surface area contributed by atoms with Crippen molar-refractivity contribution in [2.45, 2.75) is 18.2 Å². The van der Waals surface area contributed by atoms with Gasteiger partial charge in [-0.3, -0.25) is 9.78 Å². The largest absolute Gasteiger partial charge is 0.356 e. The molecular formula is C8H11N3OS. The summed E-state index contributed by atoms with van der Waals surface area (Å²) >= 11 is 1.59. The fraction of sp³-hybridized carbons (Fsp3) is 0.500. The topological polar surface area (TPSA) is 57.8 Å². The van der Waals surface area contributed by atoms with Crippen LogP contribution in [0.2, 0.25) is 0 Å². The smallest absolute Gasteiger partial charge is 0.266 e. The number of nitrogens with one attached hydrogen (secondary N) is 2. The number of aromatic nitrogens is 2. The van der Waals surface area contributed by atoms with E-state index in [2.05, 4.69) is 15.3 Å². The van der Waals surface area contributed by atoms with Crippen molar-refractivity contribution in [2.24, 2.45) is 0 Å². The molecule has 2 rings (SSSR count). The van der Waals surface area contributed by atoms with Gasteiger partial charge < -0.3 is 5.32 Å². The molecule has 0 aromatic carbocycles. The maximum Gasteiger partial charge on any atom is 0.266 e. The van der Waals surface area contributed by atoms with Crippen molar-refractivity contribution in [1.29, 1.82) is 0 Å². The monoisotopic (exact) mass is 197 g/mol. The minimum atomic E-state index is -0.0107. The molecule has 1 aliphatic rings. The van der Waals surface area contributed by atoms with Gasteiger partial charge in [-0.05, 0) is 6.92 Å². The van der Waals surface area contributed by atoms with E-state index < -0.39 is 0 Å². The Hall–Kier alpha value is -0.970. The van der Waals surface area contributed by atoms with Gasteiger partial charge in [0.2, 0.25) is 5.95 Å². The van der Waals surface area contributed by atoms with Crippen molar-refractivity contribution in [1.82, 2.24) is 9.97 Å². The van der Waals surface area contributed by atoms with Crippen LogP contribution in [0.4, 0.5) is 5.95 Å². The van der Waals surface area contributed by atoms with Crippen LogP contribution in [-0.2, 0) is 6.42 Å². The first kappa shape index (κ1) is 8.62. The maximum atomic E-state index is 11.5. The standard InChI is InChI=1S/C8H11N3OS/c1-2-9-8-10-5-3-4-13-6(5)7(12)11-8/h2-4H2,1H3,(H2,9,10,11,12). The second-order valence-electron chi connectivity index (χ2n) is 2.82. The maximum absolute atomic E-state index is 11.5. The zero-order chi connectivity index (χ0) is 9.26. The number of aryl methyl sites for hydroxylation is 1. The Labute approximate surface area is 80.2 Å². The number of H-pyrrole nitrogens is 1. The first-order chi connectivity index (χ1) is 6.31. The van der Waals surface area contributed by atoms with Gasteiger partial charge in [0.05, 0.1) is 10.6 Å². The normalized spacial score (nSPS) is 14.2. The van der Waals surface area contributed by atoms with Crippen molar-refractivity contribution in [3.05, 3.63) is 16.0 Å². The predicted molar refractivity (Wildman–Crippen MR) is 53.4 cm³/mol. The highest BCUT2D eigenvalue weighted by atomic mass is 32.2. The molecule has 1 aromatic heterocycles. The zero-order valence-corrected chi connectivity index (χ0v) is 8.20. The number of anilines is 1. The Kier molecular flexibility index (Phi) is 2.26. The minimum Gasteiger partial charge on any atom is -0.356 e. The number of nitrogens with zero attached hydrogens (tertiary/aromatic N) is 1. The summed E-state index contributed by atoms with van der Waals surface area (Å²) in [6.45, 7) is 2.75. The number of rotatable bonds is 2. The van der Waals surface area contributed by atoms with Crippen LogP contribution in [0.5, 0.6) is 0 Å². The molecular weight excluding hydrogens is 186 g/mol. The van der Waals surface area contributed by atoms with Gasteiger partial charge >= 0.3 is 0 Å². The lowest BCUT2D eigenvalue weighted by molar-refractivity contribution is 0.937. The molecule has 0 unspecified atom stereocenters. The number of hydrogen-bond donors (Lipinski definition) is 2. The molecule has 2 heterocycles. The lowest BCUT2D eigenvalue weighted by atomic mass is 10.3. The van der Waals surface area contributed by atoms with E-state index in [-0.39, 0.29) is 5.56 Å². The molecule has 0 amide bonds. The molecule has 0 fully saturated rings. The number of hydrogen-bond acceptors (Lipinski definition) is 4. The first-order valence-corrected chi connectivity index (χ1v) is 5.29. The Morgan fingerprint density at radius 3 is 3.31 bits per heavy atom. The second kappa shape index (κ2) is 3.41. The van der Waals surface area contributed by atoms with Crippen LogP contribution in [0.1, 0.15) is 12.6 Å². The van der Waals surface area contributed by atoms with Gasteiger partial charge in [-0.25, -0.2) is 4.98 Å². The van der Waals surface area contributed by atoms with Crippen LogP contribution in [-0.4, -0.2) is 22.3 Å². The molecule has 0 spiro atoms. The Bertz CT molecular complexity index is 374. The fourth-order valence-electron chi connectivity index (χ4n) is 1.33. The molecule has 5 heteroatoms.